The fourth-order valence-electron chi connectivity index (χ4n) is 1.18. The Morgan fingerprint density at radius 3 is 2.57 bits per heavy atom. The number of nitrogen functional groups attached to an aromatic ring is 1. The molecule has 0 aliphatic carbocycles. The maximum atomic E-state index is 7.24. The van der Waals surface area contributed by atoms with Crippen molar-refractivity contribution in [1.29, 1.82) is 5.41 Å². The molecule has 1 heterocycles. The Kier molecular flexibility index (Phi) is 2.02. The number of nitrogens with one attached hydrogen (secondary N) is 1. The minimum Gasteiger partial charge on any atom is -0.384 e. The predicted molar refractivity (Wildman–Crippen MR) is 54.6 cm³/mol. The fraction of sp³-hybridized carbons (Fsp3) is 0. The lowest BCUT2D eigenvalue weighted by Crippen LogP contribution is -2.09. The average Bonchev–Trinajstić information content (AvgIpc) is 2.68. The standard InChI is InChI=1S/C10H10N4/c11-10(12)8-6-13-14(7-8)9-4-2-1-3-5-9/h1-7H,(H3,11,12). The second-order valence-corrected chi connectivity index (χ2v) is 2.92. The summed E-state index contributed by atoms with van der Waals surface area (Å²) in [6, 6.07) is 9.70. The van der Waals surface area contributed by atoms with Crippen LogP contribution in [0.25, 0.3) is 5.69 Å². The number of hydrogen-bond acceptors (Lipinski definition) is 2. The zero-order valence-corrected chi connectivity index (χ0v) is 7.51. The highest BCUT2D eigenvalue weighted by Gasteiger charge is 2.01. The maximum Gasteiger partial charge on any atom is 0.126 e. The molecule has 0 aliphatic rings. The van der Waals surface area contributed by atoms with Gasteiger partial charge in [0.05, 0.1) is 17.4 Å². The lowest BCUT2D eigenvalue weighted by atomic mass is 10.3. The summed E-state index contributed by atoms with van der Waals surface area (Å²) in [5.41, 5.74) is 6.93. The van der Waals surface area contributed by atoms with Gasteiger partial charge in [-0.05, 0) is 12.1 Å². The van der Waals surface area contributed by atoms with E-state index < -0.39 is 0 Å². The Labute approximate surface area is 81.5 Å². The van der Waals surface area contributed by atoms with Gasteiger partial charge in [-0.3, -0.25) is 5.41 Å². The van der Waals surface area contributed by atoms with Crippen LogP contribution in [0.4, 0.5) is 0 Å². The number of nitrogens with two attached hydrogens (primary N) is 1. The quantitative estimate of drug-likeness (QED) is 0.545. The molecule has 0 saturated heterocycles. The molecule has 0 amide bonds. The van der Waals surface area contributed by atoms with Crippen molar-refractivity contribution in [1.82, 2.24) is 9.78 Å². The highest BCUT2D eigenvalue weighted by atomic mass is 15.3. The number of benzene rings is 1. The first-order valence-electron chi connectivity index (χ1n) is 4.22. The summed E-state index contributed by atoms with van der Waals surface area (Å²) < 4.78 is 1.69. The van der Waals surface area contributed by atoms with Gasteiger partial charge >= 0.3 is 0 Å². The smallest absolute Gasteiger partial charge is 0.126 e. The summed E-state index contributed by atoms with van der Waals surface area (Å²) in [5, 5.41) is 11.3. The van der Waals surface area contributed by atoms with Gasteiger partial charge in [0, 0.05) is 6.20 Å². The zero-order valence-electron chi connectivity index (χ0n) is 7.51. The molecule has 4 nitrogen and oxygen atoms in total. The van der Waals surface area contributed by atoms with E-state index in [9.17, 15) is 0 Å². The highest BCUT2D eigenvalue weighted by Crippen LogP contribution is 2.06. The van der Waals surface area contributed by atoms with Crippen LogP contribution < -0.4 is 5.73 Å². The molecule has 14 heavy (non-hydrogen) atoms. The van der Waals surface area contributed by atoms with E-state index in [1.807, 2.05) is 30.3 Å². The van der Waals surface area contributed by atoms with Crippen molar-refractivity contribution in [3.05, 3.63) is 48.3 Å². The lowest BCUT2D eigenvalue weighted by molar-refractivity contribution is 0.880. The molecule has 1 aromatic heterocycles. The Morgan fingerprint density at radius 1 is 1.29 bits per heavy atom. The summed E-state index contributed by atoms with van der Waals surface area (Å²) in [6.45, 7) is 0. The molecule has 0 radical (unpaired) electrons. The minimum absolute atomic E-state index is 0.0344. The Bertz CT molecular complexity index is 444. The molecule has 70 valence electrons. The van der Waals surface area contributed by atoms with Crippen molar-refractivity contribution in [2.24, 2.45) is 5.73 Å². The molecule has 0 unspecified atom stereocenters. The lowest BCUT2D eigenvalue weighted by Gasteiger charge is -1.98. The van der Waals surface area contributed by atoms with Crippen LogP contribution in [0, 0.1) is 5.41 Å². The van der Waals surface area contributed by atoms with E-state index in [1.54, 1.807) is 17.1 Å². The molecule has 0 bridgehead atoms. The Balaban J connectivity index is 2.39. The van der Waals surface area contributed by atoms with Crippen LogP contribution in [0.2, 0.25) is 0 Å². The molecule has 4 heteroatoms. The normalized spacial score (nSPS) is 10.0. The zero-order chi connectivity index (χ0) is 9.97. The SMILES string of the molecule is N=C(N)c1cnn(-c2ccccc2)c1. The molecule has 3 N–H and O–H groups in total. The van der Waals surface area contributed by atoms with Gasteiger partial charge in [0.15, 0.2) is 0 Å². The van der Waals surface area contributed by atoms with Gasteiger partial charge in [-0.2, -0.15) is 5.10 Å². The van der Waals surface area contributed by atoms with Gasteiger partial charge in [0.25, 0.3) is 0 Å². The van der Waals surface area contributed by atoms with Crippen LogP contribution in [0.5, 0.6) is 0 Å². The molecule has 0 aliphatic heterocycles. The number of aromatic nitrogens is 2. The van der Waals surface area contributed by atoms with Crippen LogP contribution in [-0.4, -0.2) is 15.6 Å². The third kappa shape index (κ3) is 1.50. The van der Waals surface area contributed by atoms with Crippen LogP contribution in [-0.2, 0) is 0 Å². The molecule has 0 saturated carbocycles. The first kappa shape index (κ1) is 8.50. The van der Waals surface area contributed by atoms with Gasteiger partial charge in [0.1, 0.15) is 5.84 Å². The number of hydrogen-bond donors (Lipinski definition) is 2. The van der Waals surface area contributed by atoms with E-state index in [1.165, 1.54) is 0 Å². The van der Waals surface area contributed by atoms with Crippen molar-refractivity contribution in [3.8, 4) is 5.69 Å². The highest BCUT2D eigenvalue weighted by molar-refractivity contribution is 5.94. The van der Waals surface area contributed by atoms with Crippen LogP contribution >= 0.6 is 0 Å². The summed E-state index contributed by atoms with van der Waals surface area (Å²) in [6.07, 6.45) is 3.31. The van der Waals surface area contributed by atoms with Gasteiger partial charge in [-0.1, -0.05) is 18.2 Å². The number of amidine groups is 1. The molecule has 0 spiro atoms. The number of para-hydroxylation sites is 1. The summed E-state index contributed by atoms with van der Waals surface area (Å²) in [4.78, 5) is 0. The first-order valence-corrected chi connectivity index (χ1v) is 4.22. The van der Waals surface area contributed by atoms with Crippen molar-refractivity contribution in [3.63, 3.8) is 0 Å². The maximum absolute atomic E-state index is 7.24. The van der Waals surface area contributed by atoms with E-state index >= 15 is 0 Å². The molecular formula is C10H10N4. The molecule has 0 atom stereocenters. The number of rotatable bonds is 2. The molecular weight excluding hydrogens is 176 g/mol. The summed E-state index contributed by atoms with van der Waals surface area (Å²) in [5.74, 6) is 0.0344. The Hall–Kier alpha value is -2.10. The summed E-state index contributed by atoms with van der Waals surface area (Å²) >= 11 is 0. The monoisotopic (exact) mass is 186 g/mol. The van der Waals surface area contributed by atoms with E-state index in [-0.39, 0.29) is 5.84 Å². The topological polar surface area (TPSA) is 67.7 Å². The fourth-order valence-corrected chi connectivity index (χ4v) is 1.18. The Morgan fingerprint density at radius 2 is 2.00 bits per heavy atom. The van der Waals surface area contributed by atoms with Crippen LogP contribution in [0.3, 0.4) is 0 Å². The van der Waals surface area contributed by atoms with Crippen molar-refractivity contribution >= 4 is 5.84 Å². The van der Waals surface area contributed by atoms with Gasteiger partial charge in [0.2, 0.25) is 0 Å². The van der Waals surface area contributed by atoms with Crippen molar-refractivity contribution in [2.75, 3.05) is 0 Å². The number of nitrogens with zero attached hydrogens (tertiary/aromatic N) is 2. The third-order valence-electron chi connectivity index (χ3n) is 1.91. The van der Waals surface area contributed by atoms with Crippen LogP contribution in [0.1, 0.15) is 5.56 Å². The van der Waals surface area contributed by atoms with Crippen LogP contribution in [0.15, 0.2) is 42.7 Å². The third-order valence-corrected chi connectivity index (χ3v) is 1.91. The molecule has 2 aromatic rings. The summed E-state index contributed by atoms with van der Waals surface area (Å²) in [7, 11) is 0. The molecule has 1 aromatic carbocycles. The van der Waals surface area contributed by atoms with E-state index in [2.05, 4.69) is 5.10 Å². The average molecular weight is 186 g/mol. The van der Waals surface area contributed by atoms with Crippen molar-refractivity contribution < 1.29 is 0 Å². The first-order chi connectivity index (χ1) is 6.77. The largest absolute Gasteiger partial charge is 0.384 e. The second kappa shape index (κ2) is 3.33. The van der Waals surface area contributed by atoms with Gasteiger partial charge in [-0.25, -0.2) is 4.68 Å². The van der Waals surface area contributed by atoms with E-state index in [4.69, 9.17) is 11.1 Å². The van der Waals surface area contributed by atoms with E-state index in [0.717, 1.165) is 5.69 Å². The second-order valence-electron chi connectivity index (χ2n) is 2.92. The predicted octanol–water partition coefficient (Wildman–Crippen LogP) is 1.16. The molecule has 2 rings (SSSR count). The molecule has 0 fully saturated rings. The van der Waals surface area contributed by atoms with Gasteiger partial charge < -0.3 is 5.73 Å². The van der Waals surface area contributed by atoms with Crippen molar-refractivity contribution in [2.45, 2.75) is 0 Å². The van der Waals surface area contributed by atoms with Gasteiger partial charge in [-0.15, -0.1) is 0 Å². The minimum atomic E-state index is 0.0344. The van der Waals surface area contributed by atoms with E-state index in [0.29, 0.717) is 5.56 Å².